The lowest BCUT2D eigenvalue weighted by Gasteiger charge is -2.16. The van der Waals surface area contributed by atoms with E-state index in [-0.39, 0.29) is 12.4 Å². The van der Waals surface area contributed by atoms with E-state index in [9.17, 15) is 4.39 Å². The molecular formula is C21H17Cl3FNO. The van der Waals surface area contributed by atoms with E-state index in [4.69, 9.17) is 39.5 Å². The standard InChI is InChI=1S/C21H17Cl3FNO/c1-13-18(23)6-3-7-20(13)26-11-15-9-16(22)10-19(24)21(15)27-12-14-4-2-5-17(25)8-14/h2-10,26H,11-12H2,1H3. The molecule has 0 saturated carbocycles. The summed E-state index contributed by atoms with van der Waals surface area (Å²) in [5.41, 5.74) is 3.37. The van der Waals surface area contributed by atoms with E-state index in [2.05, 4.69) is 5.32 Å². The normalized spacial score (nSPS) is 10.7. The third-order valence-corrected chi connectivity index (χ3v) is 5.00. The average Bonchev–Trinajstić information content (AvgIpc) is 2.62. The van der Waals surface area contributed by atoms with Crippen LogP contribution in [0.2, 0.25) is 15.1 Å². The third kappa shape index (κ3) is 5.07. The van der Waals surface area contributed by atoms with Gasteiger partial charge in [0.15, 0.2) is 0 Å². The van der Waals surface area contributed by atoms with Crippen molar-refractivity contribution in [2.24, 2.45) is 0 Å². The van der Waals surface area contributed by atoms with Crippen molar-refractivity contribution >= 4 is 40.5 Å². The van der Waals surface area contributed by atoms with Gasteiger partial charge in [0, 0.05) is 27.8 Å². The molecule has 1 N–H and O–H groups in total. The minimum absolute atomic E-state index is 0.197. The highest BCUT2D eigenvalue weighted by Gasteiger charge is 2.12. The van der Waals surface area contributed by atoms with Crippen LogP contribution in [-0.2, 0) is 13.2 Å². The Labute approximate surface area is 172 Å². The van der Waals surface area contributed by atoms with Gasteiger partial charge >= 0.3 is 0 Å². The van der Waals surface area contributed by atoms with Crippen LogP contribution in [0.4, 0.5) is 10.1 Å². The topological polar surface area (TPSA) is 21.3 Å². The number of ether oxygens (including phenoxy) is 1. The highest BCUT2D eigenvalue weighted by molar-refractivity contribution is 6.35. The van der Waals surface area contributed by atoms with Crippen LogP contribution in [0.1, 0.15) is 16.7 Å². The second kappa shape index (κ2) is 8.83. The van der Waals surface area contributed by atoms with Gasteiger partial charge in [0.2, 0.25) is 0 Å². The molecule has 0 radical (unpaired) electrons. The summed E-state index contributed by atoms with van der Waals surface area (Å²) in [5, 5.41) is 4.93. The van der Waals surface area contributed by atoms with Gasteiger partial charge in [-0.1, -0.05) is 53.0 Å². The number of halogens is 4. The summed E-state index contributed by atoms with van der Waals surface area (Å²) in [6.07, 6.45) is 0. The first-order valence-electron chi connectivity index (χ1n) is 8.28. The van der Waals surface area contributed by atoms with Crippen LogP contribution in [0.25, 0.3) is 0 Å². The van der Waals surface area contributed by atoms with Crippen LogP contribution < -0.4 is 10.1 Å². The van der Waals surface area contributed by atoms with Crippen LogP contribution in [0.15, 0.2) is 54.6 Å². The van der Waals surface area contributed by atoms with E-state index >= 15 is 0 Å². The highest BCUT2D eigenvalue weighted by atomic mass is 35.5. The number of hydrogen-bond acceptors (Lipinski definition) is 2. The van der Waals surface area contributed by atoms with E-state index in [1.54, 1.807) is 24.3 Å². The second-order valence-corrected chi connectivity index (χ2v) is 7.31. The van der Waals surface area contributed by atoms with E-state index in [1.807, 2.05) is 25.1 Å². The minimum atomic E-state index is -0.309. The average molecular weight is 425 g/mol. The predicted octanol–water partition coefficient (Wildman–Crippen LogP) is 7.29. The van der Waals surface area contributed by atoms with Crippen LogP contribution in [-0.4, -0.2) is 0 Å². The maximum Gasteiger partial charge on any atom is 0.143 e. The molecule has 3 aromatic rings. The van der Waals surface area contributed by atoms with Gasteiger partial charge in [0.05, 0.1) is 5.02 Å². The van der Waals surface area contributed by atoms with Crippen LogP contribution in [0.5, 0.6) is 5.75 Å². The molecule has 0 fully saturated rings. The molecule has 0 bridgehead atoms. The molecule has 140 valence electrons. The van der Waals surface area contributed by atoms with Crippen molar-refractivity contribution in [3.63, 3.8) is 0 Å². The monoisotopic (exact) mass is 423 g/mol. The SMILES string of the molecule is Cc1c(Cl)cccc1NCc1cc(Cl)cc(Cl)c1OCc1cccc(F)c1. The molecular weight excluding hydrogens is 408 g/mol. The fourth-order valence-corrected chi connectivity index (χ4v) is 3.44. The summed E-state index contributed by atoms with van der Waals surface area (Å²) < 4.78 is 19.2. The molecule has 0 aromatic heterocycles. The zero-order chi connectivity index (χ0) is 19.4. The molecule has 0 heterocycles. The van der Waals surface area contributed by atoms with Gasteiger partial charge in [-0.2, -0.15) is 0 Å². The van der Waals surface area contributed by atoms with Crippen molar-refractivity contribution in [3.05, 3.63) is 92.2 Å². The van der Waals surface area contributed by atoms with Crippen LogP contribution in [0.3, 0.4) is 0 Å². The fraction of sp³-hybridized carbons (Fsp3) is 0.143. The molecule has 27 heavy (non-hydrogen) atoms. The van der Waals surface area contributed by atoms with Gasteiger partial charge < -0.3 is 10.1 Å². The Kier molecular flexibility index (Phi) is 6.48. The summed E-state index contributed by atoms with van der Waals surface area (Å²) in [4.78, 5) is 0. The Hall–Kier alpha value is -1.94. The largest absolute Gasteiger partial charge is 0.487 e. The summed E-state index contributed by atoms with van der Waals surface area (Å²) in [6, 6.07) is 15.3. The summed E-state index contributed by atoms with van der Waals surface area (Å²) in [6.45, 7) is 2.58. The first-order valence-corrected chi connectivity index (χ1v) is 9.41. The Balaban J connectivity index is 1.80. The Morgan fingerprint density at radius 3 is 2.52 bits per heavy atom. The summed E-state index contributed by atoms with van der Waals surface area (Å²) >= 11 is 18.7. The van der Waals surface area contributed by atoms with Crippen molar-refractivity contribution in [2.75, 3.05) is 5.32 Å². The summed E-state index contributed by atoms with van der Waals surface area (Å²) in [7, 11) is 0. The first kappa shape index (κ1) is 19.8. The van der Waals surface area contributed by atoms with E-state index in [0.717, 1.165) is 16.8 Å². The molecule has 2 nitrogen and oxygen atoms in total. The van der Waals surface area contributed by atoms with E-state index in [0.29, 0.717) is 32.9 Å². The smallest absolute Gasteiger partial charge is 0.143 e. The van der Waals surface area contributed by atoms with Crippen molar-refractivity contribution in [2.45, 2.75) is 20.1 Å². The maximum atomic E-state index is 13.4. The number of benzene rings is 3. The van der Waals surface area contributed by atoms with Gasteiger partial charge in [-0.3, -0.25) is 0 Å². The number of rotatable bonds is 6. The highest BCUT2D eigenvalue weighted by Crippen LogP contribution is 2.34. The Morgan fingerprint density at radius 2 is 1.74 bits per heavy atom. The molecule has 0 aliphatic carbocycles. The van der Waals surface area contributed by atoms with Crippen LogP contribution >= 0.6 is 34.8 Å². The maximum absolute atomic E-state index is 13.4. The van der Waals surface area contributed by atoms with E-state index in [1.165, 1.54) is 12.1 Å². The van der Waals surface area contributed by atoms with Crippen molar-refractivity contribution in [1.29, 1.82) is 0 Å². The lowest BCUT2D eigenvalue weighted by molar-refractivity contribution is 0.303. The number of hydrogen-bond donors (Lipinski definition) is 1. The molecule has 3 aromatic carbocycles. The van der Waals surface area contributed by atoms with Gasteiger partial charge in [0.25, 0.3) is 0 Å². The van der Waals surface area contributed by atoms with Crippen LogP contribution in [0, 0.1) is 12.7 Å². The van der Waals surface area contributed by atoms with Gasteiger partial charge in [-0.25, -0.2) is 4.39 Å². The predicted molar refractivity (Wildman–Crippen MR) is 111 cm³/mol. The second-order valence-electron chi connectivity index (χ2n) is 6.06. The molecule has 0 aliphatic rings. The third-order valence-electron chi connectivity index (χ3n) is 4.09. The molecule has 3 rings (SSSR count). The Morgan fingerprint density at radius 1 is 0.963 bits per heavy atom. The molecule has 0 atom stereocenters. The molecule has 0 spiro atoms. The fourth-order valence-electron chi connectivity index (χ4n) is 2.68. The number of anilines is 1. The zero-order valence-electron chi connectivity index (χ0n) is 14.5. The van der Waals surface area contributed by atoms with Gasteiger partial charge in [-0.05, 0) is 54.4 Å². The van der Waals surface area contributed by atoms with Crippen molar-refractivity contribution < 1.29 is 9.13 Å². The first-order chi connectivity index (χ1) is 12.9. The number of nitrogens with one attached hydrogen (secondary N) is 1. The zero-order valence-corrected chi connectivity index (χ0v) is 16.8. The lowest BCUT2D eigenvalue weighted by Crippen LogP contribution is -2.05. The molecule has 0 aliphatic heterocycles. The van der Waals surface area contributed by atoms with Crippen molar-refractivity contribution in [1.82, 2.24) is 0 Å². The molecule has 6 heteroatoms. The summed E-state index contributed by atoms with van der Waals surface area (Å²) in [5.74, 6) is 0.203. The minimum Gasteiger partial charge on any atom is -0.487 e. The molecule has 0 amide bonds. The van der Waals surface area contributed by atoms with Gasteiger partial charge in [0.1, 0.15) is 18.2 Å². The molecule has 0 unspecified atom stereocenters. The quantitative estimate of drug-likeness (QED) is 0.449. The Bertz CT molecular complexity index is 962. The lowest BCUT2D eigenvalue weighted by atomic mass is 10.1. The molecule has 0 saturated heterocycles. The van der Waals surface area contributed by atoms with Crippen molar-refractivity contribution in [3.8, 4) is 5.75 Å². The van der Waals surface area contributed by atoms with E-state index < -0.39 is 0 Å². The van der Waals surface area contributed by atoms with Gasteiger partial charge in [-0.15, -0.1) is 0 Å².